The highest BCUT2D eigenvalue weighted by Gasteiger charge is 2.26. The number of hydrogen-bond acceptors (Lipinski definition) is 11. The van der Waals surface area contributed by atoms with E-state index in [1.165, 1.54) is 97.0 Å². The van der Waals surface area contributed by atoms with Crippen molar-refractivity contribution in [3.05, 3.63) is 388 Å². The fourth-order valence-corrected chi connectivity index (χ4v) is 23.4. The average molecular weight is 1640 g/mol. The average Bonchev–Trinajstić information content (AvgIpc) is 1.66. The van der Waals surface area contributed by atoms with Gasteiger partial charge in [-0.1, -0.05) is 315 Å². The highest BCUT2D eigenvalue weighted by molar-refractivity contribution is 7.27. The van der Waals surface area contributed by atoms with Crippen LogP contribution in [-0.2, 0) is 0 Å². The van der Waals surface area contributed by atoms with Crippen LogP contribution < -0.4 is 0 Å². The molecule has 7 nitrogen and oxygen atoms in total. The second-order valence-electron chi connectivity index (χ2n) is 31.3. The fourth-order valence-electron chi connectivity index (χ4n) is 18.5. The number of para-hydroxylation sites is 3. The van der Waals surface area contributed by atoms with Crippen molar-refractivity contribution in [1.29, 1.82) is 0 Å². The Bertz CT molecular complexity index is 8690. The summed E-state index contributed by atoms with van der Waals surface area (Å²) < 4.78 is 16.9. The number of thiophene rings is 4. The first-order valence-electron chi connectivity index (χ1n) is 41.2. The maximum absolute atomic E-state index is 6.86. The van der Waals surface area contributed by atoms with E-state index in [-0.39, 0.29) is 0 Å². The van der Waals surface area contributed by atoms with E-state index in [9.17, 15) is 0 Å². The van der Waals surface area contributed by atoms with Crippen molar-refractivity contribution in [1.82, 2.24) is 29.9 Å². The first-order valence-corrected chi connectivity index (χ1v) is 44.4. The summed E-state index contributed by atoms with van der Waals surface area (Å²) in [4.78, 5) is 31.9. The lowest BCUT2D eigenvalue weighted by Gasteiger charge is -2.15. The van der Waals surface area contributed by atoms with Gasteiger partial charge in [0, 0.05) is 179 Å². The van der Waals surface area contributed by atoms with E-state index < -0.39 is 0 Å². The van der Waals surface area contributed by atoms with E-state index in [4.69, 9.17) is 34.3 Å². The molecule has 0 saturated heterocycles. The molecule has 0 saturated carbocycles. The Morgan fingerprint density at radius 2 is 0.545 bits per heavy atom. The summed E-state index contributed by atoms with van der Waals surface area (Å²) in [5, 5.41) is 19.2. The van der Waals surface area contributed by atoms with Crippen molar-refractivity contribution in [2.75, 3.05) is 0 Å². The largest absolute Gasteiger partial charge is 0.455 e. The lowest BCUT2D eigenvalue weighted by atomic mass is 9.91. The molecular formula is C112H64N6OS4. The standard InChI is InChI=1S/C59H33N3OS2.C53H31N3S2/c1-2-14-36(15-3-1)55-46-32-45(56-54(43-19-5-9-25-50(43)63-56)53(46)41-18-4-8-24-47(41)60-55)34-28-30-35(31-29-34)48-33-49(42-22-12-20-39-37-16-6-10-26-51(37)64-57(39)42)62-59(61-48)44-23-13-21-40-38-17-7-11-27-52(38)65-58(40)44;1-3-14-34(15-4-1)50-42-30-41(52-49(40-20-9-12-25-47(40)58-52)48(42)38-19-7-10-23-43(38)54-50)32-26-28-33(29-27-32)44-31-45(56-53(55-44)35-16-5-2-6-17-35)39-22-13-21-37-36-18-8-11-24-46(36)57-51(37)39/h1-33H;1-31H. The van der Waals surface area contributed by atoms with E-state index in [1.807, 2.05) is 58.3 Å². The van der Waals surface area contributed by atoms with Gasteiger partial charge < -0.3 is 4.42 Å². The molecule has 26 rings (SSSR count). The van der Waals surface area contributed by atoms with Crippen LogP contribution in [0, 0.1) is 0 Å². The summed E-state index contributed by atoms with van der Waals surface area (Å²) in [6, 6.07) is 138. The van der Waals surface area contributed by atoms with Gasteiger partial charge in [-0.05, 0) is 83.9 Å². The lowest BCUT2D eigenvalue weighted by molar-refractivity contribution is 0.670. The van der Waals surface area contributed by atoms with Crippen molar-refractivity contribution in [3.8, 4) is 113 Å². The van der Waals surface area contributed by atoms with Crippen LogP contribution in [0.2, 0.25) is 0 Å². The van der Waals surface area contributed by atoms with Gasteiger partial charge in [-0.2, -0.15) is 0 Å². The van der Waals surface area contributed by atoms with Crippen LogP contribution >= 0.6 is 45.3 Å². The Hall–Kier alpha value is -15.1. The number of fused-ring (bicyclic) bond motifs is 23. The highest BCUT2D eigenvalue weighted by Crippen LogP contribution is 2.52. The predicted molar refractivity (Wildman–Crippen MR) is 523 cm³/mol. The smallest absolute Gasteiger partial charge is 0.161 e. The molecule has 572 valence electrons. The zero-order valence-electron chi connectivity index (χ0n) is 65.7. The van der Waals surface area contributed by atoms with Gasteiger partial charge in [0.1, 0.15) is 11.2 Å². The summed E-state index contributed by atoms with van der Waals surface area (Å²) in [7, 11) is 0. The monoisotopic (exact) mass is 1640 g/mol. The molecule has 0 fully saturated rings. The maximum Gasteiger partial charge on any atom is 0.161 e. The predicted octanol–water partition coefficient (Wildman–Crippen LogP) is 32.4. The summed E-state index contributed by atoms with van der Waals surface area (Å²) in [5.41, 5.74) is 22.1. The topological polar surface area (TPSA) is 90.5 Å². The van der Waals surface area contributed by atoms with Gasteiger partial charge in [0.2, 0.25) is 0 Å². The second kappa shape index (κ2) is 28.8. The summed E-state index contributed by atoms with van der Waals surface area (Å²) >= 11 is 7.32. The van der Waals surface area contributed by atoms with E-state index in [0.717, 1.165) is 150 Å². The number of aromatic nitrogens is 6. The SMILES string of the molecule is c1ccc(-c2nc(-c3ccc(-c4cc5c(-c6ccccc6)nc6ccccc6c5c5c4sc4ccccc45)cc3)cc(-c3cccc4c3sc3ccccc34)n2)cc1.c1ccc(-c2nc3ccccc3c3c2cc(-c2ccc(-c4cc(-c5cccc6c5sc5ccccc56)nc(-c5cccc6c5sc5ccccc56)n4)cc2)c2oc4ccccc4c23)cc1. The Morgan fingerprint density at radius 1 is 0.187 bits per heavy atom. The van der Waals surface area contributed by atoms with Crippen LogP contribution in [-0.4, -0.2) is 29.9 Å². The minimum absolute atomic E-state index is 0.712. The number of furan rings is 1. The molecule has 9 heterocycles. The molecule has 0 aliphatic carbocycles. The summed E-state index contributed by atoms with van der Waals surface area (Å²) in [5.74, 6) is 1.42. The number of benzene rings is 17. The van der Waals surface area contributed by atoms with Crippen LogP contribution in [0.3, 0.4) is 0 Å². The molecule has 0 aliphatic heterocycles. The molecule has 26 aromatic rings. The van der Waals surface area contributed by atoms with Crippen LogP contribution in [0.5, 0.6) is 0 Å². The molecule has 0 N–H and O–H groups in total. The zero-order chi connectivity index (χ0) is 80.7. The highest BCUT2D eigenvalue weighted by atomic mass is 32.1. The van der Waals surface area contributed by atoms with Crippen molar-refractivity contribution in [3.63, 3.8) is 0 Å². The van der Waals surface area contributed by atoms with Crippen molar-refractivity contribution < 1.29 is 4.42 Å². The molecule has 0 atom stereocenters. The van der Waals surface area contributed by atoms with Gasteiger partial charge in [0.15, 0.2) is 11.6 Å². The van der Waals surface area contributed by atoms with Crippen molar-refractivity contribution >= 4 is 191 Å². The van der Waals surface area contributed by atoms with Gasteiger partial charge >= 0.3 is 0 Å². The quantitative estimate of drug-likeness (QED) is 0.126. The van der Waals surface area contributed by atoms with Crippen molar-refractivity contribution in [2.24, 2.45) is 0 Å². The molecule has 123 heavy (non-hydrogen) atoms. The van der Waals surface area contributed by atoms with E-state index in [0.29, 0.717) is 11.6 Å². The maximum atomic E-state index is 6.86. The molecule has 0 amide bonds. The minimum Gasteiger partial charge on any atom is -0.455 e. The molecular weight excluding hydrogens is 1570 g/mol. The van der Waals surface area contributed by atoms with E-state index in [2.05, 4.69) is 364 Å². The lowest BCUT2D eigenvalue weighted by Crippen LogP contribution is -1.96. The summed E-state index contributed by atoms with van der Waals surface area (Å²) in [6.07, 6.45) is 0. The molecule has 0 aliphatic rings. The van der Waals surface area contributed by atoms with Gasteiger partial charge in [0.25, 0.3) is 0 Å². The molecule has 0 radical (unpaired) electrons. The third kappa shape index (κ3) is 11.8. The van der Waals surface area contributed by atoms with Crippen LogP contribution in [0.15, 0.2) is 393 Å². The molecule has 11 heteroatoms. The Balaban J connectivity index is 0.000000136. The van der Waals surface area contributed by atoms with Crippen LogP contribution in [0.4, 0.5) is 0 Å². The zero-order valence-corrected chi connectivity index (χ0v) is 68.9. The van der Waals surface area contributed by atoms with E-state index in [1.54, 1.807) is 11.3 Å². The molecule has 0 unspecified atom stereocenters. The van der Waals surface area contributed by atoms with E-state index >= 15 is 0 Å². The number of nitrogens with zero attached hydrogens (tertiary/aromatic N) is 6. The van der Waals surface area contributed by atoms with Gasteiger partial charge in [0.05, 0.1) is 45.2 Å². The second-order valence-corrected chi connectivity index (χ2v) is 35.5. The number of rotatable bonds is 10. The first kappa shape index (κ1) is 70.9. The first-order chi connectivity index (χ1) is 61.0. The third-order valence-electron chi connectivity index (χ3n) is 24.2. The third-order valence-corrected chi connectivity index (χ3v) is 29.0. The Kier molecular flexibility index (Phi) is 16.6. The van der Waals surface area contributed by atoms with Gasteiger partial charge in [-0.15, -0.1) is 45.3 Å². The van der Waals surface area contributed by atoms with Crippen LogP contribution in [0.1, 0.15) is 0 Å². The van der Waals surface area contributed by atoms with Gasteiger partial charge in [-0.3, -0.25) is 0 Å². The Labute approximate surface area is 720 Å². The minimum atomic E-state index is 0.712. The Morgan fingerprint density at radius 3 is 1.07 bits per heavy atom. The molecule has 17 aromatic carbocycles. The molecule has 9 aromatic heterocycles. The number of hydrogen-bond donors (Lipinski definition) is 0. The summed E-state index contributed by atoms with van der Waals surface area (Å²) in [6.45, 7) is 0. The molecule has 0 spiro atoms. The molecule has 0 bridgehead atoms. The van der Waals surface area contributed by atoms with Gasteiger partial charge in [-0.25, -0.2) is 29.9 Å². The fraction of sp³-hybridized carbons (Fsp3) is 0. The number of pyridine rings is 2. The van der Waals surface area contributed by atoms with Crippen LogP contribution in [0.25, 0.3) is 259 Å². The van der Waals surface area contributed by atoms with Crippen molar-refractivity contribution in [2.45, 2.75) is 0 Å². The normalized spacial score (nSPS) is 11.9.